The molecule has 0 unspecified atom stereocenters. The highest BCUT2D eigenvalue weighted by Gasteiger charge is 2.08. The Hall–Kier alpha value is -1.76. The molecule has 0 aromatic heterocycles. The van der Waals surface area contributed by atoms with Gasteiger partial charge in [0.25, 0.3) is 0 Å². The first-order valence-electron chi connectivity index (χ1n) is 5.85. The SMILES string of the molecule is C=CCN(CC#Cc1ccccc1)C(=O)CNC.Cl. The summed E-state index contributed by atoms with van der Waals surface area (Å²) in [7, 11) is 1.75. The summed E-state index contributed by atoms with van der Waals surface area (Å²) in [5.41, 5.74) is 0.956. The first-order chi connectivity index (χ1) is 8.77. The molecular formula is C15H19ClN2O. The van der Waals surface area contributed by atoms with Crippen LogP contribution in [0, 0.1) is 11.8 Å². The molecule has 102 valence electrons. The minimum absolute atomic E-state index is 0. The Morgan fingerprint density at radius 2 is 2.11 bits per heavy atom. The number of halogens is 1. The largest absolute Gasteiger partial charge is 0.327 e. The summed E-state index contributed by atoms with van der Waals surface area (Å²) in [6.45, 7) is 4.90. The van der Waals surface area contributed by atoms with Gasteiger partial charge in [0.05, 0.1) is 13.1 Å². The molecule has 1 amide bonds. The van der Waals surface area contributed by atoms with Crippen molar-refractivity contribution in [2.24, 2.45) is 0 Å². The molecule has 0 atom stereocenters. The second-order valence-electron chi connectivity index (χ2n) is 3.76. The lowest BCUT2D eigenvalue weighted by atomic mass is 10.2. The van der Waals surface area contributed by atoms with Crippen LogP contribution in [0.25, 0.3) is 0 Å². The molecule has 1 aromatic carbocycles. The van der Waals surface area contributed by atoms with Gasteiger partial charge in [-0.25, -0.2) is 0 Å². The van der Waals surface area contributed by atoms with Crippen LogP contribution in [0.3, 0.4) is 0 Å². The van der Waals surface area contributed by atoms with E-state index in [0.29, 0.717) is 19.6 Å². The molecule has 0 bridgehead atoms. The van der Waals surface area contributed by atoms with Crippen LogP contribution in [0.2, 0.25) is 0 Å². The van der Waals surface area contributed by atoms with Gasteiger partial charge in [0, 0.05) is 12.1 Å². The molecule has 0 saturated carbocycles. The summed E-state index contributed by atoms with van der Waals surface area (Å²) in [5.74, 6) is 6.06. The number of nitrogens with zero attached hydrogens (tertiary/aromatic N) is 1. The number of hydrogen-bond acceptors (Lipinski definition) is 2. The van der Waals surface area contributed by atoms with Crippen LogP contribution in [0.5, 0.6) is 0 Å². The fraction of sp³-hybridized carbons (Fsp3) is 0.267. The molecule has 0 radical (unpaired) electrons. The Morgan fingerprint density at radius 3 is 2.68 bits per heavy atom. The Kier molecular flexibility index (Phi) is 9.25. The topological polar surface area (TPSA) is 32.3 Å². The number of nitrogens with one attached hydrogen (secondary N) is 1. The van der Waals surface area contributed by atoms with E-state index in [1.807, 2.05) is 30.3 Å². The van der Waals surface area contributed by atoms with Crippen LogP contribution in [0.4, 0.5) is 0 Å². The monoisotopic (exact) mass is 278 g/mol. The molecule has 4 heteroatoms. The molecule has 0 fully saturated rings. The van der Waals surface area contributed by atoms with Crippen LogP contribution in [0.1, 0.15) is 5.56 Å². The van der Waals surface area contributed by atoms with E-state index in [0.717, 1.165) is 5.56 Å². The van der Waals surface area contributed by atoms with Crippen LogP contribution in [-0.2, 0) is 4.79 Å². The minimum atomic E-state index is 0. The molecule has 1 N–H and O–H groups in total. The number of carbonyl (C=O) groups excluding carboxylic acids is 1. The van der Waals surface area contributed by atoms with Crippen molar-refractivity contribution in [2.75, 3.05) is 26.7 Å². The highest BCUT2D eigenvalue weighted by molar-refractivity contribution is 5.85. The van der Waals surface area contributed by atoms with Crippen molar-refractivity contribution in [3.63, 3.8) is 0 Å². The average molecular weight is 279 g/mol. The number of hydrogen-bond donors (Lipinski definition) is 1. The summed E-state index contributed by atoms with van der Waals surface area (Å²) in [6, 6.07) is 9.72. The van der Waals surface area contributed by atoms with Crippen LogP contribution >= 0.6 is 12.4 Å². The van der Waals surface area contributed by atoms with Crippen LogP contribution in [0.15, 0.2) is 43.0 Å². The van der Waals surface area contributed by atoms with E-state index in [-0.39, 0.29) is 18.3 Å². The maximum Gasteiger partial charge on any atom is 0.237 e. The predicted molar refractivity (Wildman–Crippen MR) is 81.3 cm³/mol. The quantitative estimate of drug-likeness (QED) is 0.657. The molecule has 0 heterocycles. The lowest BCUT2D eigenvalue weighted by molar-refractivity contribution is -0.129. The first kappa shape index (κ1) is 17.2. The third kappa shape index (κ3) is 6.66. The second-order valence-corrected chi connectivity index (χ2v) is 3.76. The van der Waals surface area contributed by atoms with E-state index in [1.54, 1.807) is 18.0 Å². The summed E-state index contributed by atoms with van der Waals surface area (Å²) in [4.78, 5) is 13.4. The molecule has 1 aromatic rings. The third-order valence-corrected chi connectivity index (χ3v) is 2.31. The zero-order valence-electron chi connectivity index (χ0n) is 11.1. The van der Waals surface area contributed by atoms with Crippen molar-refractivity contribution >= 4 is 18.3 Å². The highest BCUT2D eigenvalue weighted by atomic mass is 35.5. The molecular weight excluding hydrogens is 260 g/mol. The Bertz CT molecular complexity index is 448. The van der Waals surface area contributed by atoms with Crippen LogP contribution in [-0.4, -0.2) is 37.5 Å². The number of likely N-dealkylation sites (N-methyl/N-ethyl adjacent to an activating group) is 1. The maximum absolute atomic E-state index is 11.7. The van der Waals surface area contributed by atoms with Crippen molar-refractivity contribution in [2.45, 2.75) is 0 Å². The van der Waals surface area contributed by atoms with E-state index < -0.39 is 0 Å². The van der Waals surface area contributed by atoms with Gasteiger partial charge in [-0.1, -0.05) is 36.1 Å². The lowest BCUT2D eigenvalue weighted by Crippen LogP contribution is -2.37. The summed E-state index contributed by atoms with van der Waals surface area (Å²) >= 11 is 0. The Balaban J connectivity index is 0.00000324. The molecule has 0 saturated heterocycles. The predicted octanol–water partition coefficient (Wildman–Crippen LogP) is 1.69. The number of benzene rings is 1. The van der Waals surface area contributed by atoms with E-state index in [2.05, 4.69) is 23.7 Å². The second kappa shape index (κ2) is 10.2. The fourth-order valence-electron chi connectivity index (χ4n) is 1.43. The van der Waals surface area contributed by atoms with E-state index in [9.17, 15) is 4.79 Å². The molecule has 1 rings (SSSR count). The van der Waals surface area contributed by atoms with E-state index >= 15 is 0 Å². The van der Waals surface area contributed by atoms with Crippen molar-refractivity contribution < 1.29 is 4.79 Å². The third-order valence-electron chi connectivity index (χ3n) is 2.31. The molecule has 0 aliphatic rings. The average Bonchev–Trinajstić information content (AvgIpc) is 2.39. The van der Waals surface area contributed by atoms with Crippen molar-refractivity contribution in [1.82, 2.24) is 10.2 Å². The van der Waals surface area contributed by atoms with Gasteiger partial charge in [-0.3, -0.25) is 4.79 Å². The Morgan fingerprint density at radius 1 is 1.42 bits per heavy atom. The summed E-state index contributed by atoms with van der Waals surface area (Å²) in [5, 5.41) is 2.84. The number of rotatable bonds is 5. The van der Waals surface area contributed by atoms with E-state index in [4.69, 9.17) is 0 Å². The molecule has 3 nitrogen and oxygen atoms in total. The zero-order chi connectivity index (χ0) is 13.2. The van der Waals surface area contributed by atoms with Gasteiger partial charge in [0.2, 0.25) is 5.91 Å². The molecule has 0 spiro atoms. The summed E-state index contributed by atoms with van der Waals surface area (Å²) < 4.78 is 0. The van der Waals surface area contributed by atoms with Gasteiger partial charge >= 0.3 is 0 Å². The highest BCUT2D eigenvalue weighted by Crippen LogP contribution is 1.95. The van der Waals surface area contributed by atoms with Gasteiger partial charge in [-0.05, 0) is 19.2 Å². The van der Waals surface area contributed by atoms with Crippen molar-refractivity contribution in [1.29, 1.82) is 0 Å². The minimum Gasteiger partial charge on any atom is -0.327 e. The van der Waals surface area contributed by atoms with Gasteiger partial charge in [-0.2, -0.15) is 0 Å². The normalized spacial score (nSPS) is 8.68. The molecule has 0 aliphatic carbocycles. The van der Waals surface area contributed by atoms with Gasteiger partial charge in [-0.15, -0.1) is 19.0 Å². The first-order valence-corrected chi connectivity index (χ1v) is 5.85. The standard InChI is InChI=1S/C15H18N2O.ClH/c1-3-11-17(15(18)13-16-2)12-7-10-14-8-5-4-6-9-14;/h3-6,8-9,16H,1,11-13H2,2H3;1H. The summed E-state index contributed by atoms with van der Waals surface area (Å²) in [6.07, 6.45) is 1.71. The fourth-order valence-corrected chi connectivity index (χ4v) is 1.43. The van der Waals surface area contributed by atoms with Crippen LogP contribution < -0.4 is 5.32 Å². The molecule has 19 heavy (non-hydrogen) atoms. The van der Waals surface area contributed by atoms with Gasteiger partial charge in [0.15, 0.2) is 0 Å². The van der Waals surface area contributed by atoms with Crippen molar-refractivity contribution in [3.8, 4) is 11.8 Å². The zero-order valence-corrected chi connectivity index (χ0v) is 11.9. The maximum atomic E-state index is 11.7. The number of carbonyl (C=O) groups is 1. The smallest absolute Gasteiger partial charge is 0.237 e. The Labute approximate surface area is 121 Å². The number of amides is 1. The van der Waals surface area contributed by atoms with Gasteiger partial charge in [0.1, 0.15) is 0 Å². The van der Waals surface area contributed by atoms with Crippen molar-refractivity contribution in [3.05, 3.63) is 48.6 Å². The lowest BCUT2D eigenvalue weighted by Gasteiger charge is -2.17. The molecule has 0 aliphatic heterocycles. The van der Waals surface area contributed by atoms with Gasteiger partial charge < -0.3 is 10.2 Å². The van der Waals surface area contributed by atoms with E-state index in [1.165, 1.54) is 0 Å².